The minimum atomic E-state index is 0.178. The van der Waals surface area contributed by atoms with Crippen LogP contribution in [-0.4, -0.2) is 10.4 Å². The van der Waals surface area contributed by atoms with E-state index in [4.69, 9.17) is 11.6 Å². The minimum Gasteiger partial charge on any atom is -0.313 e. The third-order valence-electron chi connectivity index (χ3n) is 5.75. The van der Waals surface area contributed by atoms with Crippen LogP contribution < -0.4 is 0 Å². The van der Waals surface area contributed by atoms with Gasteiger partial charge < -0.3 is 4.57 Å². The van der Waals surface area contributed by atoms with Gasteiger partial charge in [0, 0.05) is 32.9 Å². The summed E-state index contributed by atoms with van der Waals surface area (Å²) in [6.45, 7) is 0. The fraction of sp³-hybridized carbons (Fsp3) is 0.115. The van der Waals surface area contributed by atoms with Crippen LogP contribution in [0.2, 0.25) is 5.02 Å². The maximum atomic E-state index is 13.2. The smallest absolute Gasteiger partial charge is 0.165 e. The van der Waals surface area contributed by atoms with E-state index in [9.17, 15) is 4.79 Å². The molecule has 0 fully saturated rings. The molecule has 0 aliphatic heterocycles. The Labute approximate surface area is 189 Å². The molecule has 1 heterocycles. The summed E-state index contributed by atoms with van der Waals surface area (Å²) in [4.78, 5) is 13.2. The molecular weight excluding hydrogens is 458 g/mol. The molecule has 0 unspecified atom stereocenters. The number of rotatable bonds is 3. The summed E-state index contributed by atoms with van der Waals surface area (Å²) in [5.41, 5.74) is 6.14. The zero-order valence-corrected chi connectivity index (χ0v) is 18.5. The Morgan fingerprint density at radius 2 is 1.63 bits per heavy atom. The lowest BCUT2D eigenvalue weighted by atomic mass is 9.82. The molecule has 0 amide bonds. The lowest BCUT2D eigenvalue weighted by Crippen LogP contribution is -2.20. The van der Waals surface area contributed by atoms with Gasteiger partial charge in [0.1, 0.15) is 0 Å². The van der Waals surface area contributed by atoms with Gasteiger partial charge in [-0.3, -0.25) is 4.79 Å². The zero-order chi connectivity index (χ0) is 20.7. The number of aromatic nitrogens is 1. The molecule has 4 aromatic rings. The third-order valence-corrected chi connectivity index (χ3v) is 6.52. The van der Waals surface area contributed by atoms with Crippen LogP contribution in [-0.2, 0) is 6.42 Å². The van der Waals surface area contributed by atoms with E-state index in [0.29, 0.717) is 11.4 Å². The second kappa shape index (κ2) is 7.90. The summed E-state index contributed by atoms with van der Waals surface area (Å²) in [5.74, 6) is 0.376. The number of halogens is 2. The first-order valence-corrected chi connectivity index (χ1v) is 11.1. The van der Waals surface area contributed by atoms with Crippen LogP contribution in [0.15, 0.2) is 89.4 Å². The van der Waals surface area contributed by atoms with Gasteiger partial charge in [-0.05, 0) is 59.9 Å². The SMILES string of the molecule is O=C1C[C@H](c2ccccc2)Cc2c1cc(-c1ccc(Br)cc1)n2-c1cccc(Cl)c1. The lowest BCUT2D eigenvalue weighted by Gasteiger charge is -2.24. The monoisotopic (exact) mass is 475 g/mol. The Kier molecular flexibility index (Phi) is 5.10. The molecule has 1 aliphatic rings. The number of carbonyl (C=O) groups excluding carboxylic acids is 1. The van der Waals surface area contributed by atoms with Gasteiger partial charge in [-0.15, -0.1) is 0 Å². The standard InChI is InChI=1S/C26H19BrClNO/c27-20-11-9-18(10-12-20)24-16-23-25(29(24)22-8-4-7-21(28)15-22)13-19(14-26(23)30)17-5-2-1-3-6-17/h1-12,15-16,19H,13-14H2/t19-/m1/s1. The topological polar surface area (TPSA) is 22.0 Å². The van der Waals surface area contributed by atoms with Gasteiger partial charge in [0.2, 0.25) is 0 Å². The molecule has 0 saturated heterocycles. The molecule has 5 rings (SSSR count). The van der Waals surface area contributed by atoms with Crippen molar-refractivity contribution in [3.63, 3.8) is 0 Å². The second-order valence-corrected chi connectivity index (χ2v) is 9.00. The molecule has 0 bridgehead atoms. The molecule has 3 aromatic carbocycles. The highest BCUT2D eigenvalue weighted by Gasteiger charge is 2.31. The minimum absolute atomic E-state index is 0.178. The van der Waals surface area contributed by atoms with E-state index in [0.717, 1.165) is 39.1 Å². The molecule has 2 nitrogen and oxygen atoms in total. The summed E-state index contributed by atoms with van der Waals surface area (Å²) < 4.78 is 3.23. The predicted octanol–water partition coefficient (Wildman–Crippen LogP) is 7.47. The fourth-order valence-corrected chi connectivity index (χ4v) is 4.79. The van der Waals surface area contributed by atoms with Crippen molar-refractivity contribution in [3.05, 3.63) is 111 Å². The highest BCUT2D eigenvalue weighted by Crippen LogP contribution is 2.39. The first-order chi connectivity index (χ1) is 14.6. The summed E-state index contributed by atoms with van der Waals surface area (Å²) in [7, 11) is 0. The number of carbonyl (C=O) groups is 1. The quantitative estimate of drug-likeness (QED) is 0.300. The average molecular weight is 477 g/mol. The summed E-state index contributed by atoms with van der Waals surface area (Å²) in [6, 6.07) is 28.4. The van der Waals surface area contributed by atoms with Crippen LogP contribution >= 0.6 is 27.5 Å². The Morgan fingerprint density at radius 3 is 2.37 bits per heavy atom. The highest BCUT2D eigenvalue weighted by molar-refractivity contribution is 9.10. The van der Waals surface area contributed by atoms with Crippen LogP contribution in [0.3, 0.4) is 0 Å². The molecule has 0 saturated carbocycles. The van der Waals surface area contributed by atoms with Crippen LogP contribution in [0.1, 0.15) is 34.0 Å². The summed E-state index contributed by atoms with van der Waals surface area (Å²) >= 11 is 9.84. The number of nitrogens with zero attached hydrogens (tertiary/aromatic N) is 1. The molecule has 0 N–H and O–H groups in total. The molecule has 0 spiro atoms. The van der Waals surface area contributed by atoms with E-state index in [1.807, 2.05) is 60.7 Å². The largest absolute Gasteiger partial charge is 0.313 e. The number of hydrogen-bond acceptors (Lipinski definition) is 1. The Hall–Kier alpha value is -2.62. The summed E-state index contributed by atoms with van der Waals surface area (Å²) in [6.07, 6.45) is 1.35. The molecule has 0 radical (unpaired) electrons. The van der Waals surface area contributed by atoms with Gasteiger partial charge in [0.15, 0.2) is 5.78 Å². The number of fused-ring (bicyclic) bond motifs is 1. The van der Waals surface area contributed by atoms with Crippen LogP contribution in [0.5, 0.6) is 0 Å². The maximum Gasteiger partial charge on any atom is 0.165 e. The normalized spacial score (nSPS) is 15.8. The molecular formula is C26H19BrClNO. The fourth-order valence-electron chi connectivity index (χ4n) is 4.34. The van der Waals surface area contributed by atoms with Gasteiger partial charge in [0.25, 0.3) is 0 Å². The lowest BCUT2D eigenvalue weighted by molar-refractivity contribution is 0.0964. The highest BCUT2D eigenvalue weighted by atomic mass is 79.9. The van der Waals surface area contributed by atoms with Gasteiger partial charge in [-0.25, -0.2) is 0 Å². The molecule has 4 heteroatoms. The first-order valence-electron chi connectivity index (χ1n) is 9.95. The summed E-state index contributed by atoms with van der Waals surface area (Å²) in [5, 5.41) is 0.679. The Balaban J connectivity index is 1.71. The van der Waals surface area contributed by atoms with E-state index in [1.54, 1.807) is 0 Å². The van der Waals surface area contributed by atoms with Crippen molar-refractivity contribution >= 4 is 33.3 Å². The Bertz CT molecular complexity index is 1230. The first kappa shape index (κ1) is 19.3. The zero-order valence-electron chi connectivity index (χ0n) is 16.2. The molecule has 30 heavy (non-hydrogen) atoms. The molecule has 148 valence electrons. The third kappa shape index (κ3) is 3.53. The van der Waals surface area contributed by atoms with Crippen LogP contribution in [0, 0.1) is 0 Å². The number of ketones is 1. The van der Waals surface area contributed by atoms with Crippen molar-refractivity contribution in [2.24, 2.45) is 0 Å². The second-order valence-electron chi connectivity index (χ2n) is 7.65. The van der Waals surface area contributed by atoms with Crippen LogP contribution in [0.4, 0.5) is 0 Å². The van der Waals surface area contributed by atoms with Crippen molar-refractivity contribution in [2.75, 3.05) is 0 Å². The van der Waals surface area contributed by atoms with Crippen LogP contribution in [0.25, 0.3) is 16.9 Å². The van der Waals surface area contributed by atoms with E-state index in [1.165, 1.54) is 5.56 Å². The number of hydrogen-bond donors (Lipinski definition) is 0. The Morgan fingerprint density at radius 1 is 0.867 bits per heavy atom. The molecule has 1 aromatic heterocycles. The van der Waals surface area contributed by atoms with Gasteiger partial charge >= 0.3 is 0 Å². The van der Waals surface area contributed by atoms with Crippen molar-refractivity contribution in [2.45, 2.75) is 18.8 Å². The van der Waals surface area contributed by atoms with E-state index < -0.39 is 0 Å². The van der Waals surface area contributed by atoms with Crippen molar-refractivity contribution in [1.29, 1.82) is 0 Å². The average Bonchev–Trinajstić information content (AvgIpc) is 3.15. The van der Waals surface area contributed by atoms with E-state index in [2.05, 4.69) is 44.8 Å². The molecule has 1 atom stereocenters. The number of Topliss-reactive ketones (excluding diaryl/α,β-unsaturated/α-hetero) is 1. The van der Waals surface area contributed by atoms with Gasteiger partial charge in [-0.2, -0.15) is 0 Å². The van der Waals surface area contributed by atoms with Gasteiger partial charge in [-0.1, -0.05) is 76.1 Å². The maximum absolute atomic E-state index is 13.2. The van der Waals surface area contributed by atoms with E-state index in [-0.39, 0.29) is 11.7 Å². The van der Waals surface area contributed by atoms with Crippen molar-refractivity contribution in [1.82, 2.24) is 4.57 Å². The predicted molar refractivity (Wildman–Crippen MR) is 126 cm³/mol. The van der Waals surface area contributed by atoms with Gasteiger partial charge in [0.05, 0.1) is 5.69 Å². The number of benzene rings is 3. The van der Waals surface area contributed by atoms with Crippen molar-refractivity contribution in [3.8, 4) is 16.9 Å². The molecule has 1 aliphatic carbocycles. The van der Waals surface area contributed by atoms with Crippen molar-refractivity contribution < 1.29 is 4.79 Å². The van der Waals surface area contributed by atoms with E-state index >= 15 is 0 Å².